The molecule has 0 aliphatic carbocycles. The molecule has 6 nitrogen and oxygen atoms in total. The summed E-state index contributed by atoms with van der Waals surface area (Å²) < 4.78 is 5.58. The summed E-state index contributed by atoms with van der Waals surface area (Å²) in [6, 6.07) is 0. The first-order valence-corrected chi connectivity index (χ1v) is 13.7. The number of nitrogens with zero attached hydrogens (tertiary/aromatic N) is 1. The third-order valence-electron chi connectivity index (χ3n) is 3.60. The van der Waals surface area contributed by atoms with Crippen molar-refractivity contribution in [2.75, 3.05) is 44.5 Å². The molecule has 1 unspecified atom stereocenters. The van der Waals surface area contributed by atoms with Gasteiger partial charge < -0.3 is 19.3 Å². The second-order valence-corrected chi connectivity index (χ2v) is 11.5. The van der Waals surface area contributed by atoms with Crippen LogP contribution in [0.25, 0.3) is 0 Å². The molecule has 0 spiro atoms. The predicted octanol–water partition coefficient (Wildman–Crippen LogP) is 4.72. The van der Waals surface area contributed by atoms with Gasteiger partial charge in [0, 0.05) is 39.5 Å². The number of amides is 1. The Hall–Kier alpha value is -0.140. The number of rotatable bonds is 8. The fourth-order valence-electron chi connectivity index (χ4n) is 1.88. The zero-order valence-electron chi connectivity index (χ0n) is 20.6. The molecule has 0 aromatic heterocycles. The van der Waals surface area contributed by atoms with Crippen LogP contribution in [0.15, 0.2) is 0 Å². The van der Waals surface area contributed by atoms with Gasteiger partial charge in [0.1, 0.15) is 6.29 Å². The molecule has 0 bridgehead atoms. The summed E-state index contributed by atoms with van der Waals surface area (Å²) in [7, 11) is 0.479. The molecule has 0 aromatic carbocycles. The van der Waals surface area contributed by atoms with Crippen molar-refractivity contribution in [1.82, 2.24) is 4.90 Å². The molecule has 1 fully saturated rings. The van der Waals surface area contributed by atoms with Gasteiger partial charge in [0.25, 0.3) is 0 Å². The van der Waals surface area contributed by atoms with Crippen molar-refractivity contribution in [3.8, 4) is 0 Å². The Morgan fingerprint density at radius 3 is 1.97 bits per heavy atom. The van der Waals surface area contributed by atoms with Crippen LogP contribution in [-0.2, 0) is 18.9 Å². The van der Waals surface area contributed by atoms with Crippen LogP contribution in [0.3, 0.4) is 0 Å². The minimum absolute atomic E-state index is 0.139. The van der Waals surface area contributed by atoms with Gasteiger partial charge in [-0.05, 0) is 37.1 Å². The lowest BCUT2D eigenvalue weighted by atomic mass is 9.93. The Kier molecular flexibility index (Phi) is 26.3. The number of hydrogen-bond acceptors (Lipinski definition) is 6. The SMILES string of the molecule is CC(C)(C)C=O.CC(C)(C)CCOPCCC(=O)N1CCCC1.CSCCO.O=CS. The highest BCUT2D eigenvalue weighted by Crippen LogP contribution is 2.22. The molecule has 1 aliphatic rings. The summed E-state index contributed by atoms with van der Waals surface area (Å²) in [4.78, 5) is 32.2. The van der Waals surface area contributed by atoms with Crippen LogP contribution in [0.4, 0.5) is 0 Å². The Bertz CT molecular complexity index is 433. The third-order valence-corrected chi connectivity index (χ3v) is 5.06. The average Bonchev–Trinajstić information content (AvgIpc) is 3.20. The Morgan fingerprint density at radius 1 is 1.16 bits per heavy atom. The summed E-state index contributed by atoms with van der Waals surface area (Å²) in [5.41, 5.74) is 0.649. The zero-order valence-corrected chi connectivity index (χ0v) is 23.3. The normalized spacial score (nSPS) is 13.4. The first-order chi connectivity index (χ1) is 14.4. The molecule has 186 valence electrons. The highest BCUT2D eigenvalue weighted by molar-refractivity contribution is 7.98. The number of carbonyl (C=O) groups is 3. The first-order valence-electron chi connectivity index (χ1n) is 10.6. The van der Waals surface area contributed by atoms with Crippen LogP contribution >= 0.6 is 33.2 Å². The molecule has 0 radical (unpaired) electrons. The maximum absolute atomic E-state index is 11.7. The van der Waals surface area contributed by atoms with Crippen molar-refractivity contribution in [2.24, 2.45) is 10.8 Å². The fourth-order valence-corrected chi connectivity index (χ4v) is 2.76. The Labute approximate surface area is 202 Å². The van der Waals surface area contributed by atoms with Crippen LogP contribution in [0.1, 0.15) is 67.2 Å². The van der Waals surface area contributed by atoms with E-state index in [9.17, 15) is 9.59 Å². The van der Waals surface area contributed by atoms with Gasteiger partial charge in [0.2, 0.25) is 5.91 Å². The van der Waals surface area contributed by atoms with E-state index in [0.717, 1.165) is 44.3 Å². The molecule has 0 aromatic rings. The largest absolute Gasteiger partial charge is 0.396 e. The second kappa shape index (κ2) is 23.0. The molecule has 1 heterocycles. The number of aliphatic hydroxyl groups excluding tert-OH is 1. The van der Waals surface area contributed by atoms with Crippen LogP contribution < -0.4 is 0 Å². The number of thiol groups is 1. The lowest BCUT2D eigenvalue weighted by Gasteiger charge is -2.18. The summed E-state index contributed by atoms with van der Waals surface area (Å²) in [5, 5.41) is 8.05. The monoisotopic (exact) mass is 499 g/mol. The number of hydrogen-bond donors (Lipinski definition) is 2. The van der Waals surface area contributed by atoms with E-state index in [-0.39, 0.29) is 5.41 Å². The number of aliphatic hydroxyl groups is 1. The molecule has 1 amide bonds. The lowest BCUT2D eigenvalue weighted by molar-refractivity contribution is -0.129. The van der Waals surface area contributed by atoms with Crippen molar-refractivity contribution >= 4 is 51.0 Å². The van der Waals surface area contributed by atoms with E-state index in [1.165, 1.54) is 12.8 Å². The van der Waals surface area contributed by atoms with Crippen molar-refractivity contribution in [1.29, 1.82) is 0 Å². The minimum Gasteiger partial charge on any atom is -0.396 e. The smallest absolute Gasteiger partial charge is 0.222 e. The van der Waals surface area contributed by atoms with E-state index in [4.69, 9.17) is 14.4 Å². The van der Waals surface area contributed by atoms with Crippen LogP contribution in [-0.4, -0.2) is 72.3 Å². The Morgan fingerprint density at radius 2 is 1.65 bits per heavy atom. The quantitative estimate of drug-likeness (QED) is 0.218. The minimum atomic E-state index is -0.139. The standard InChI is InChI=1S/C13H26NO2P.C5H10O.C3H8OS.CH2OS/c1-13(2,3)7-10-16-17-11-6-12(15)14-8-4-5-9-14;1-5(2,3)4-6;1-5-3-2-4;2-1-3/h17H,4-11H2,1-3H3;4H,1-3H3;4H,2-3H2,1H3;1H,(H,2,3). The topological polar surface area (TPSA) is 83.9 Å². The van der Waals surface area contributed by atoms with Crippen molar-refractivity contribution in [2.45, 2.75) is 67.2 Å². The summed E-state index contributed by atoms with van der Waals surface area (Å²) >= 11 is 4.76. The number of thioether (sulfide) groups is 1. The Balaban J connectivity index is -0.000000459. The van der Waals surface area contributed by atoms with Gasteiger partial charge in [-0.15, -0.1) is 12.6 Å². The molecule has 1 aliphatic heterocycles. The number of likely N-dealkylation sites (tertiary alicyclic amines) is 1. The molecule has 1 rings (SSSR count). The van der Waals surface area contributed by atoms with E-state index in [0.29, 0.717) is 38.8 Å². The average molecular weight is 500 g/mol. The van der Waals surface area contributed by atoms with Gasteiger partial charge in [-0.2, -0.15) is 11.8 Å². The van der Waals surface area contributed by atoms with E-state index in [1.54, 1.807) is 11.8 Å². The molecule has 0 saturated carbocycles. The van der Waals surface area contributed by atoms with Gasteiger partial charge in [0.05, 0.1) is 13.2 Å². The third kappa shape index (κ3) is 34.7. The zero-order chi connectivity index (χ0) is 24.8. The second-order valence-electron chi connectivity index (χ2n) is 9.20. The number of carbonyl (C=O) groups excluding carboxylic acids is 3. The molecule has 31 heavy (non-hydrogen) atoms. The van der Waals surface area contributed by atoms with Gasteiger partial charge >= 0.3 is 0 Å². The van der Waals surface area contributed by atoms with Crippen molar-refractivity contribution in [3.05, 3.63) is 0 Å². The molecule has 1 saturated heterocycles. The van der Waals surface area contributed by atoms with Crippen LogP contribution in [0, 0.1) is 10.8 Å². The van der Waals surface area contributed by atoms with E-state index >= 15 is 0 Å². The first kappa shape index (κ1) is 35.4. The van der Waals surface area contributed by atoms with Gasteiger partial charge in [-0.3, -0.25) is 9.59 Å². The van der Waals surface area contributed by atoms with E-state index in [2.05, 4.69) is 33.4 Å². The van der Waals surface area contributed by atoms with Gasteiger partial charge in [-0.25, -0.2) is 0 Å². The van der Waals surface area contributed by atoms with Crippen molar-refractivity contribution < 1.29 is 24.0 Å². The molecule has 1 N–H and O–H groups in total. The van der Waals surface area contributed by atoms with E-state index < -0.39 is 0 Å². The summed E-state index contributed by atoms with van der Waals surface area (Å²) in [6.45, 7) is 15.3. The van der Waals surface area contributed by atoms with Crippen LogP contribution in [0.5, 0.6) is 0 Å². The molecular formula is C22H46NO5PS2. The summed E-state index contributed by atoms with van der Waals surface area (Å²) in [5.74, 6) is 1.18. The highest BCUT2D eigenvalue weighted by atomic mass is 32.2. The molecular weight excluding hydrogens is 453 g/mol. The van der Waals surface area contributed by atoms with Gasteiger partial charge in [-0.1, -0.05) is 41.5 Å². The van der Waals surface area contributed by atoms with E-state index in [1.807, 2.05) is 31.9 Å². The molecule has 9 heteroatoms. The lowest BCUT2D eigenvalue weighted by Crippen LogP contribution is -2.27. The van der Waals surface area contributed by atoms with Crippen LogP contribution in [0.2, 0.25) is 0 Å². The maximum atomic E-state index is 11.7. The maximum Gasteiger partial charge on any atom is 0.222 e. The summed E-state index contributed by atoms with van der Waals surface area (Å²) in [6.07, 6.45) is 7.89. The molecule has 1 atom stereocenters. The van der Waals surface area contributed by atoms with Gasteiger partial charge in [0.15, 0.2) is 5.62 Å². The van der Waals surface area contributed by atoms with Crippen molar-refractivity contribution in [3.63, 3.8) is 0 Å². The fraction of sp³-hybridized carbons (Fsp3) is 0.864. The number of aldehydes is 1. The predicted molar refractivity (Wildman–Crippen MR) is 140 cm³/mol. The highest BCUT2D eigenvalue weighted by Gasteiger charge is 2.17.